The van der Waals surface area contributed by atoms with Crippen LogP contribution in [0.2, 0.25) is 0 Å². The quantitative estimate of drug-likeness (QED) is 0.770. The van der Waals surface area contributed by atoms with Crippen LogP contribution in [0.4, 0.5) is 0 Å². The normalized spacial score (nSPS) is 29.5. The van der Waals surface area contributed by atoms with Crippen molar-refractivity contribution in [2.45, 2.75) is 35.2 Å². The minimum atomic E-state index is -0.0908. The van der Waals surface area contributed by atoms with Gasteiger partial charge in [-0.05, 0) is 32.4 Å². The van der Waals surface area contributed by atoms with Crippen molar-refractivity contribution in [3.05, 3.63) is 18.5 Å². The van der Waals surface area contributed by atoms with Gasteiger partial charge in [0.15, 0.2) is 5.16 Å². The van der Waals surface area contributed by atoms with Crippen molar-refractivity contribution in [2.24, 2.45) is 0 Å². The molecule has 2 unspecified atom stereocenters. The molecule has 2 atom stereocenters. The molecule has 2 rings (SSSR count). The molecular formula is C11H17N3OS. The second-order valence-corrected chi connectivity index (χ2v) is 5.47. The van der Waals surface area contributed by atoms with Crippen LogP contribution in [0.25, 0.3) is 0 Å². The molecule has 0 spiro atoms. The van der Waals surface area contributed by atoms with E-state index in [1.54, 1.807) is 24.2 Å². The lowest BCUT2D eigenvalue weighted by atomic mass is 10.00. The average molecular weight is 239 g/mol. The molecule has 0 aliphatic heterocycles. The molecule has 0 radical (unpaired) electrons. The molecule has 4 nitrogen and oxygen atoms in total. The fourth-order valence-electron chi connectivity index (χ4n) is 2.12. The molecule has 88 valence electrons. The van der Waals surface area contributed by atoms with E-state index in [1.807, 2.05) is 13.1 Å². The van der Waals surface area contributed by atoms with Gasteiger partial charge in [0.2, 0.25) is 0 Å². The van der Waals surface area contributed by atoms with Crippen LogP contribution in [-0.2, 0) is 0 Å². The summed E-state index contributed by atoms with van der Waals surface area (Å²) in [6.45, 7) is 0.205. The van der Waals surface area contributed by atoms with Gasteiger partial charge in [0, 0.05) is 23.2 Å². The van der Waals surface area contributed by atoms with E-state index in [1.165, 1.54) is 0 Å². The number of likely N-dealkylation sites (N-methyl/N-ethyl adjacent to an activating group) is 1. The van der Waals surface area contributed by atoms with E-state index in [0.717, 1.165) is 24.4 Å². The molecule has 1 saturated carbocycles. The number of aliphatic hydroxyl groups is 1. The summed E-state index contributed by atoms with van der Waals surface area (Å²) in [6.07, 6.45) is 6.63. The Bertz CT molecular complexity index is 329. The lowest BCUT2D eigenvalue weighted by Crippen LogP contribution is -2.44. The van der Waals surface area contributed by atoms with Crippen LogP contribution < -0.4 is 5.32 Å². The summed E-state index contributed by atoms with van der Waals surface area (Å²) in [5, 5.41) is 14.0. The molecule has 0 aromatic carbocycles. The summed E-state index contributed by atoms with van der Waals surface area (Å²) >= 11 is 1.71. The number of nitrogens with zero attached hydrogens (tertiary/aromatic N) is 2. The molecule has 1 aromatic heterocycles. The van der Waals surface area contributed by atoms with Gasteiger partial charge >= 0.3 is 0 Å². The number of hydrogen-bond donors (Lipinski definition) is 2. The predicted octanol–water partition coefficient (Wildman–Crippen LogP) is 1.07. The van der Waals surface area contributed by atoms with Gasteiger partial charge in [0.25, 0.3) is 0 Å². The van der Waals surface area contributed by atoms with Crippen LogP contribution in [0.3, 0.4) is 0 Å². The molecule has 2 N–H and O–H groups in total. The highest BCUT2D eigenvalue weighted by atomic mass is 32.2. The Balaban J connectivity index is 1.95. The second-order valence-electron chi connectivity index (χ2n) is 4.20. The van der Waals surface area contributed by atoms with Crippen molar-refractivity contribution in [1.82, 2.24) is 15.3 Å². The van der Waals surface area contributed by atoms with Crippen molar-refractivity contribution in [1.29, 1.82) is 0 Å². The topological polar surface area (TPSA) is 58.0 Å². The molecule has 0 amide bonds. The third kappa shape index (κ3) is 2.53. The first-order valence-electron chi connectivity index (χ1n) is 5.51. The van der Waals surface area contributed by atoms with E-state index in [4.69, 9.17) is 0 Å². The van der Waals surface area contributed by atoms with Crippen LogP contribution >= 0.6 is 11.8 Å². The number of nitrogens with one attached hydrogen (secondary N) is 1. The van der Waals surface area contributed by atoms with Crippen molar-refractivity contribution < 1.29 is 5.11 Å². The van der Waals surface area contributed by atoms with Crippen LogP contribution in [0.5, 0.6) is 0 Å². The predicted molar refractivity (Wildman–Crippen MR) is 64.4 cm³/mol. The monoisotopic (exact) mass is 239 g/mol. The molecule has 1 aliphatic rings. The van der Waals surface area contributed by atoms with E-state index in [2.05, 4.69) is 15.3 Å². The maximum absolute atomic E-state index is 9.40. The van der Waals surface area contributed by atoms with Crippen molar-refractivity contribution in [3.8, 4) is 0 Å². The van der Waals surface area contributed by atoms with Crippen molar-refractivity contribution in [3.63, 3.8) is 0 Å². The number of rotatable bonds is 4. The first-order valence-corrected chi connectivity index (χ1v) is 6.39. The zero-order valence-corrected chi connectivity index (χ0v) is 10.2. The van der Waals surface area contributed by atoms with Gasteiger partial charge in [-0.15, -0.1) is 0 Å². The van der Waals surface area contributed by atoms with Gasteiger partial charge in [0.1, 0.15) is 0 Å². The van der Waals surface area contributed by atoms with Crippen LogP contribution in [-0.4, -0.2) is 39.5 Å². The molecule has 1 aromatic rings. The van der Waals surface area contributed by atoms with Gasteiger partial charge in [0.05, 0.1) is 6.61 Å². The largest absolute Gasteiger partial charge is 0.394 e. The highest BCUT2D eigenvalue weighted by Gasteiger charge is 2.37. The van der Waals surface area contributed by atoms with Gasteiger partial charge < -0.3 is 10.4 Å². The summed E-state index contributed by atoms with van der Waals surface area (Å²) in [5.74, 6) is 0. The van der Waals surface area contributed by atoms with Crippen LogP contribution in [0.15, 0.2) is 23.6 Å². The first-order chi connectivity index (χ1) is 7.78. The highest BCUT2D eigenvalue weighted by Crippen LogP contribution is 2.38. The molecule has 0 bridgehead atoms. The average Bonchev–Trinajstić information content (AvgIpc) is 2.75. The summed E-state index contributed by atoms with van der Waals surface area (Å²) < 4.78 is 0. The zero-order valence-electron chi connectivity index (χ0n) is 9.39. The Labute approximate surface area is 99.9 Å². The molecule has 1 fully saturated rings. The van der Waals surface area contributed by atoms with E-state index < -0.39 is 0 Å². The second kappa shape index (κ2) is 5.12. The first kappa shape index (κ1) is 11.8. The van der Waals surface area contributed by atoms with E-state index in [0.29, 0.717) is 5.25 Å². The van der Waals surface area contributed by atoms with Crippen LogP contribution in [0, 0.1) is 0 Å². The zero-order chi connectivity index (χ0) is 11.4. The summed E-state index contributed by atoms with van der Waals surface area (Å²) in [4.78, 5) is 8.42. The van der Waals surface area contributed by atoms with Gasteiger partial charge in [-0.2, -0.15) is 0 Å². The number of aromatic nitrogens is 2. The lowest BCUT2D eigenvalue weighted by molar-refractivity contribution is 0.173. The smallest absolute Gasteiger partial charge is 0.187 e. The van der Waals surface area contributed by atoms with E-state index in [-0.39, 0.29) is 12.1 Å². The molecule has 1 heterocycles. The summed E-state index contributed by atoms with van der Waals surface area (Å²) in [7, 11) is 1.92. The van der Waals surface area contributed by atoms with E-state index >= 15 is 0 Å². The van der Waals surface area contributed by atoms with Gasteiger partial charge in [-0.1, -0.05) is 11.8 Å². The Morgan fingerprint density at radius 2 is 2.31 bits per heavy atom. The SMILES string of the molecule is CNC1(CO)CCC(Sc2ncccn2)C1. The van der Waals surface area contributed by atoms with Crippen molar-refractivity contribution in [2.75, 3.05) is 13.7 Å². The Morgan fingerprint density at radius 1 is 1.56 bits per heavy atom. The summed E-state index contributed by atoms with van der Waals surface area (Å²) in [6, 6.07) is 1.82. The molecule has 1 aliphatic carbocycles. The maximum Gasteiger partial charge on any atom is 0.187 e. The molecular weight excluding hydrogens is 222 g/mol. The minimum Gasteiger partial charge on any atom is -0.394 e. The van der Waals surface area contributed by atoms with E-state index in [9.17, 15) is 5.11 Å². The van der Waals surface area contributed by atoms with Gasteiger partial charge in [-0.3, -0.25) is 0 Å². The Kier molecular flexibility index (Phi) is 3.78. The Morgan fingerprint density at radius 3 is 2.88 bits per heavy atom. The van der Waals surface area contributed by atoms with Crippen LogP contribution in [0.1, 0.15) is 19.3 Å². The van der Waals surface area contributed by atoms with Gasteiger partial charge in [-0.25, -0.2) is 9.97 Å². The maximum atomic E-state index is 9.40. The third-order valence-electron chi connectivity index (χ3n) is 3.21. The standard InChI is InChI=1S/C11H17N3OS/c1-12-11(8-15)4-3-9(7-11)16-10-13-5-2-6-14-10/h2,5-6,9,12,15H,3-4,7-8H2,1H3. The fraction of sp³-hybridized carbons (Fsp3) is 0.636. The summed E-state index contributed by atoms with van der Waals surface area (Å²) in [5.41, 5.74) is -0.0908. The lowest BCUT2D eigenvalue weighted by Gasteiger charge is -2.26. The highest BCUT2D eigenvalue weighted by molar-refractivity contribution is 7.99. The molecule has 16 heavy (non-hydrogen) atoms. The van der Waals surface area contributed by atoms with Crippen molar-refractivity contribution >= 4 is 11.8 Å². The fourth-order valence-corrected chi connectivity index (χ4v) is 3.30. The third-order valence-corrected chi connectivity index (χ3v) is 4.37. The molecule has 5 heteroatoms. The minimum absolute atomic E-state index is 0.0908. The molecule has 0 saturated heterocycles. The Hall–Kier alpha value is -0.650. The number of aliphatic hydroxyl groups excluding tert-OH is 1. The number of thioether (sulfide) groups is 1. The number of hydrogen-bond acceptors (Lipinski definition) is 5.